The molecule has 0 N–H and O–H groups in total. The monoisotopic (exact) mass is 485 g/mol. The Morgan fingerprint density at radius 2 is 1.79 bits per heavy atom. The highest BCUT2D eigenvalue weighted by Gasteiger charge is 2.35. The number of ether oxygens (including phenoxy) is 1. The third-order valence-electron chi connectivity index (χ3n) is 5.82. The average molecular weight is 486 g/mol. The molecule has 0 unspecified atom stereocenters. The number of aromatic nitrogens is 2. The number of hydrogen-bond acceptors (Lipinski definition) is 5. The van der Waals surface area contributed by atoms with E-state index in [0.29, 0.717) is 22.6 Å². The molecule has 0 spiro atoms. The maximum absolute atomic E-state index is 13.3. The first kappa shape index (κ1) is 23.9. The summed E-state index contributed by atoms with van der Waals surface area (Å²) < 4.78 is 46.5. The van der Waals surface area contributed by atoms with Gasteiger partial charge in [0.1, 0.15) is 11.6 Å². The number of rotatable bonds is 9. The Morgan fingerprint density at radius 3 is 2.35 bits per heavy atom. The van der Waals surface area contributed by atoms with Gasteiger partial charge in [0, 0.05) is 17.6 Å². The van der Waals surface area contributed by atoms with E-state index in [4.69, 9.17) is 4.74 Å². The number of amides is 1. The summed E-state index contributed by atoms with van der Waals surface area (Å²) in [7, 11) is -2.22. The maximum Gasteiger partial charge on any atom is 0.254 e. The molecule has 3 aromatic rings. The van der Waals surface area contributed by atoms with Crippen LogP contribution in [0.2, 0.25) is 0 Å². The molecule has 1 amide bonds. The van der Waals surface area contributed by atoms with Gasteiger partial charge in [-0.05, 0) is 68.7 Å². The summed E-state index contributed by atoms with van der Waals surface area (Å²) in [6.45, 7) is 4.02. The summed E-state index contributed by atoms with van der Waals surface area (Å²) in [5.41, 5.74) is 1.68. The molecule has 2 aromatic carbocycles. The molecule has 1 fully saturated rings. The maximum atomic E-state index is 13.3. The van der Waals surface area contributed by atoms with E-state index in [1.54, 1.807) is 40.8 Å². The van der Waals surface area contributed by atoms with E-state index in [9.17, 15) is 17.6 Å². The molecular formula is C25H28FN3O4S. The van der Waals surface area contributed by atoms with Crippen LogP contribution in [-0.4, -0.2) is 41.9 Å². The third-order valence-corrected chi connectivity index (χ3v) is 7.39. The first-order valence-corrected chi connectivity index (χ1v) is 12.8. The van der Waals surface area contributed by atoms with Crippen molar-refractivity contribution < 1.29 is 22.3 Å². The highest BCUT2D eigenvalue weighted by atomic mass is 32.2. The molecule has 0 saturated heterocycles. The number of halogens is 1. The lowest BCUT2D eigenvalue weighted by Crippen LogP contribution is -2.33. The predicted molar refractivity (Wildman–Crippen MR) is 126 cm³/mol. The van der Waals surface area contributed by atoms with E-state index >= 15 is 0 Å². The molecule has 34 heavy (non-hydrogen) atoms. The molecule has 0 aliphatic heterocycles. The van der Waals surface area contributed by atoms with Crippen molar-refractivity contribution >= 4 is 15.7 Å². The highest BCUT2D eigenvalue weighted by molar-refractivity contribution is 7.90. The van der Waals surface area contributed by atoms with Gasteiger partial charge in [-0.2, -0.15) is 0 Å². The SMILES string of the molecule is COc1ccc(C(=O)N(Cc2cnc(S(=O)(=O)Cc3ccc(F)cc3)n2C(C)C)C2CC2)cc1. The second kappa shape index (κ2) is 9.58. The number of methoxy groups -OCH3 is 1. The molecule has 1 aliphatic carbocycles. The summed E-state index contributed by atoms with van der Waals surface area (Å²) in [5.74, 6) is -0.150. The van der Waals surface area contributed by atoms with Gasteiger partial charge >= 0.3 is 0 Å². The fourth-order valence-electron chi connectivity index (χ4n) is 3.97. The molecule has 4 rings (SSSR count). The second-order valence-electron chi connectivity index (χ2n) is 8.77. The Morgan fingerprint density at radius 1 is 1.15 bits per heavy atom. The van der Waals surface area contributed by atoms with Crippen LogP contribution in [0.3, 0.4) is 0 Å². The summed E-state index contributed by atoms with van der Waals surface area (Å²) in [5, 5.41) is -0.0468. The molecule has 7 nitrogen and oxygen atoms in total. The van der Waals surface area contributed by atoms with Gasteiger partial charge in [0.2, 0.25) is 15.0 Å². The number of carbonyl (C=O) groups excluding carboxylic acids is 1. The van der Waals surface area contributed by atoms with Crippen molar-refractivity contribution in [1.29, 1.82) is 0 Å². The lowest BCUT2D eigenvalue weighted by atomic mass is 10.2. The normalized spacial score (nSPS) is 13.8. The van der Waals surface area contributed by atoms with E-state index in [0.717, 1.165) is 12.8 Å². The van der Waals surface area contributed by atoms with E-state index in [2.05, 4.69) is 4.98 Å². The summed E-state index contributed by atoms with van der Waals surface area (Å²) in [6.07, 6.45) is 3.36. The van der Waals surface area contributed by atoms with Crippen LogP contribution >= 0.6 is 0 Å². The third kappa shape index (κ3) is 5.14. The molecule has 0 atom stereocenters. The van der Waals surface area contributed by atoms with Crippen LogP contribution in [0.15, 0.2) is 59.9 Å². The topological polar surface area (TPSA) is 81.5 Å². The predicted octanol–water partition coefficient (Wildman–Crippen LogP) is 4.39. The lowest BCUT2D eigenvalue weighted by molar-refractivity contribution is 0.0724. The minimum Gasteiger partial charge on any atom is -0.497 e. The molecule has 0 radical (unpaired) electrons. The fraction of sp³-hybridized carbons (Fsp3) is 0.360. The Kier molecular flexibility index (Phi) is 6.74. The lowest BCUT2D eigenvalue weighted by Gasteiger charge is -2.24. The van der Waals surface area contributed by atoms with Gasteiger partial charge in [-0.1, -0.05) is 12.1 Å². The zero-order valence-electron chi connectivity index (χ0n) is 19.4. The van der Waals surface area contributed by atoms with Gasteiger partial charge in [0.15, 0.2) is 0 Å². The first-order chi connectivity index (χ1) is 16.2. The van der Waals surface area contributed by atoms with Gasteiger partial charge < -0.3 is 14.2 Å². The van der Waals surface area contributed by atoms with Gasteiger partial charge in [0.25, 0.3) is 5.91 Å². The van der Waals surface area contributed by atoms with Crippen molar-refractivity contribution in [3.8, 4) is 5.75 Å². The van der Waals surface area contributed by atoms with Crippen LogP contribution in [-0.2, 0) is 22.1 Å². The van der Waals surface area contributed by atoms with Crippen molar-refractivity contribution in [3.05, 3.63) is 77.4 Å². The summed E-state index contributed by atoms with van der Waals surface area (Å²) in [6, 6.07) is 12.3. The average Bonchev–Trinajstić information content (AvgIpc) is 3.56. The molecule has 1 heterocycles. The van der Waals surface area contributed by atoms with Crippen LogP contribution in [0.4, 0.5) is 4.39 Å². The molecule has 0 bridgehead atoms. The van der Waals surface area contributed by atoms with Crippen molar-refractivity contribution in [2.24, 2.45) is 0 Å². The standard InChI is InChI=1S/C25H28FN3O4S/c1-17(2)29-22(14-27-25(29)34(31,32)16-18-4-8-20(26)9-5-18)15-28(21-10-11-21)24(30)19-6-12-23(33-3)13-7-19/h4-9,12-14,17,21H,10-11,15-16H2,1-3H3. The zero-order valence-corrected chi connectivity index (χ0v) is 20.3. The highest BCUT2D eigenvalue weighted by Crippen LogP contribution is 2.31. The first-order valence-electron chi connectivity index (χ1n) is 11.2. The van der Waals surface area contributed by atoms with Gasteiger partial charge in [-0.3, -0.25) is 4.79 Å². The van der Waals surface area contributed by atoms with Crippen molar-refractivity contribution in [1.82, 2.24) is 14.5 Å². The van der Waals surface area contributed by atoms with Crippen LogP contribution < -0.4 is 4.74 Å². The Hall–Kier alpha value is -3.20. The van der Waals surface area contributed by atoms with Gasteiger partial charge in [-0.15, -0.1) is 0 Å². The smallest absolute Gasteiger partial charge is 0.254 e. The number of nitrogens with zero attached hydrogens (tertiary/aromatic N) is 3. The molecule has 1 saturated carbocycles. The molecule has 180 valence electrons. The number of sulfone groups is 1. The van der Waals surface area contributed by atoms with Crippen LogP contribution in [0, 0.1) is 5.82 Å². The Balaban J connectivity index is 1.62. The Bertz CT molecular complexity index is 1260. The van der Waals surface area contributed by atoms with Crippen molar-refractivity contribution in [3.63, 3.8) is 0 Å². The second-order valence-corrected chi connectivity index (χ2v) is 10.7. The van der Waals surface area contributed by atoms with E-state index < -0.39 is 15.7 Å². The number of benzene rings is 2. The van der Waals surface area contributed by atoms with Crippen molar-refractivity contribution in [2.75, 3.05) is 7.11 Å². The van der Waals surface area contributed by atoms with Gasteiger partial charge in [0.05, 0.1) is 31.3 Å². The van der Waals surface area contributed by atoms with E-state index in [1.807, 2.05) is 13.8 Å². The molecule has 9 heteroatoms. The van der Waals surface area contributed by atoms with E-state index in [1.165, 1.54) is 30.5 Å². The quantitative estimate of drug-likeness (QED) is 0.449. The Labute approximate surface area is 199 Å². The van der Waals surface area contributed by atoms with E-state index in [-0.39, 0.29) is 35.4 Å². The number of hydrogen-bond donors (Lipinski definition) is 0. The summed E-state index contributed by atoms with van der Waals surface area (Å²) in [4.78, 5) is 19.3. The fourth-order valence-corrected chi connectivity index (χ4v) is 5.57. The number of carbonyl (C=O) groups is 1. The minimum absolute atomic E-state index is 0.0468. The van der Waals surface area contributed by atoms with Crippen LogP contribution in [0.5, 0.6) is 5.75 Å². The number of imidazole rings is 1. The van der Waals surface area contributed by atoms with Crippen LogP contribution in [0.25, 0.3) is 0 Å². The largest absolute Gasteiger partial charge is 0.497 e. The van der Waals surface area contributed by atoms with Crippen molar-refractivity contribution in [2.45, 2.75) is 56.2 Å². The molecule has 1 aromatic heterocycles. The summed E-state index contributed by atoms with van der Waals surface area (Å²) >= 11 is 0. The van der Waals surface area contributed by atoms with Crippen LogP contribution in [0.1, 0.15) is 54.3 Å². The molecule has 1 aliphatic rings. The molecular weight excluding hydrogens is 457 g/mol. The minimum atomic E-state index is -3.79. The zero-order chi connectivity index (χ0) is 24.5. The van der Waals surface area contributed by atoms with Gasteiger partial charge in [-0.25, -0.2) is 17.8 Å².